The number of sulfonamides is 1. The van der Waals surface area contributed by atoms with Crippen molar-refractivity contribution in [2.45, 2.75) is 31.4 Å². The maximum atomic E-state index is 12.3. The lowest BCUT2D eigenvalue weighted by Gasteiger charge is -2.16. The Hall–Kier alpha value is -0.660. The van der Waals surface area contributed by atoms with Crippen molar-refractivity contribution >= 4 is 21.6 Å². The van der Waals surface area contributed by atoms with Crippen molar-refractivity contribution in [3.63, 3.8) is 0 Å². The van der Waals surface area contributed by atoms with Crippen LogP contribution in [0.15, 0.2) is 17.0 Å². The minimum Gasteiger partial charge on any atom is -0.392 e. The average molecular weight is 308 g/mol. The average Bonchev–Trinajstić information content (AvgIpc) is 2.31. The molecule has 1 aromatic rings. The molecule has 0 aromatic heterocycles. The molecule has 2 N–H and O–H groups in total. The summed E-state index contributed by atoms with van der Waals surface area (Å²) in [7, 11) is -2.19. The van der Waals surface area contributed by atoms with Crippen LogP contribution >= 0.6 is 11.6 Å². The molecule has 0 spiro atoms. The van der Waals surface area contributed by atoms with Crippen LogP contribution in [0.4, 0.5) is 0 Å². The Morgan fingerprint density at radius 3 is 2.63 bits per heavy atom. The first-order chi connectivity index (χ1) is 8.81. The van der Waals surface area contributed by atoms with Crippen molar-refractivity contribution in [1.29, 1.82) is 0 Å². The lowest BCUT2D eigenvalue weighted by atomic mass is 10.1. The molecule has 1 atom stereocenters. The quantitative estimate of drug-likeness (QED) is 0.834. The lowest BCUT2D eigenvalue weighted by Crippen LogP contribution is -2.36. The van der Waals surface area contributed by atoms with E-state index in [0.29, 0.717) is 11.1 Å². The second-order valence-corrected chi connectivity index (χ2v) is 6.44. The zero-order valence-electron chi connectivity index (χ0n) is 11.1. The van der Waals surface area contributed by atoms with E-state index in [1.165, 1.54) is 13.2 Å². The Bertz CT molecular complexity index is 545. The van der Waals surface area contributed by atoms with E-state index < -0.39 is 10.0 Å². The molecule has 0 radical (unpaired) electrons. The van der Waals surface area contributed by atoms with E-state index >= 15 is 0 Å². The number of hydrogen-bond acceptors (Lipinski definition) is 4. The molecular weight excluding hydrogens is 290 g/mol. The van der Waals surface area contributed by atoms with Crippen molar-refractivity contribution < 1.29 is 18.3 Å². The third kappa shape index (κ3) is 4.15. The fraction of sp³-hybridized carbons (Fsp3) is 0.500. The van der Waals surface area contributed by atoms with Crippen LogP contribution in [0.3, 0.4) is 0 Å². The summed E-state index contributed by atoms with van der Waals surface area (Å²) < 4.78 is 31.9. The Balaban J connectivity index is 3.18. The SMILES string of the molecule is COCC(C)NS(=O)(=O)c1cc(Cl)cc(CO)c1C. The van der Waals surface area contributed by atoms with Crippen LogP contribution in [0.5, 0.6) is 0 Å². The fourth-order valence-corrected chi connectivity index (χ4v) is 3.61. The Kier molecular flexibility index (Phi) is 5.76. The van der Waals surface area contributed by atoms with Crippen LogP contribution in [0, 0.1) is 6.92 Å². The molecule has 0 saturated carbocycles. The third-order valence-corrected chi connectivity index (χ3v) is 4.60. The van der Waals surface area contributed by atoms with E-state index in [1.807, 2.05) is 0 Å². The molecule has 0 saturated heterocycles. The molecule has 0 aliphatic heterocycles. The van der Waals surface area contributed by atoms with E-state index in [9.17, 15) is 13.5 Å². The standard InChI is InChI=1S/C12H18ClNO4S/c1-8(7-18-3)14-19(16,17)12-5-11(13)4-10(6-15)9(12)2/h4-5,8,14-15H,6-7H2,1-3H3. The molecule has 7 heteroatoms. The van der Waals surface area contributed by atoms with Crippen LogP contribution in [-0.4, -0.2) is 33.3 Å². The van der Waals surface area contributed by atoms with Crippen molar-refractivity contribution in [3.05, 3.63) is 28.3 Å². The van der Waals surface area contributed by atoms with Gasteiger partial charge in [0.2, 0.25) is 10.0 Å². The number of halogens is 1. The van der Waals surface area contributed by atoms with Gasteiger partial charge in [0.25, 0.3) is 0 Å². The van der Waals surface area contributed by atoms with Crippen LogP contribution in [0.25, 0.3) is 0 Å². The second kappa shape index (κ2) is 6.67. The van der Waals surface area contributed by atoms with E-state index in [4.69, 9.17) is 16.3 Å². The normalized spacial score (nSPS) is 13.5. The highest BCUT2D eigenvalue weighted by Gasteiger charge is 2.21. The third-order valence-electron chi connectivity index (χ3n) is 2.67. The summed E-state index contributed by atoms with van der Waals surface area (Å²) in [6, 6.07) is 2.57. The maximum Gasteiger partial charge on any atom is 0.241 e. The first-order valence-corrected chi connectivity index (χ1v) is 7.59. The van der Waals surface area contributed by atoms with Gasteiger partial charge in [0.05, 0.1) is 18.1 Å². The van der Waals surface area contributed by atoms with Crippen molar-refractivity contribution in [1.82, 2.24) is 4.72 Å². The van der Waals surface area contributed by atoms with Crippen LogP contribution in [0.2, 0.25) is 5.02 Å². The number of ether oxygens (including phenoxy) is 1. The number of aliphatic hydroxyl groups is 1. The predicted molar refractivity (Wildman–Crippen MR) is 73.8 cm³/mol. The first kappa shape index (κ1) is 16.4. The smallest absolute Gasteiger partial charge is 0.241 e. The molecule has 0 aliphatic rings. The number of rotatable bonds is 6. The monoisotopic (exact) mass is 307 g/mol. The van der Waals surface area contributed by atoms with Gasteiger partial charge in [0.1, 0.15) is 0 Å². The minimum atomic E-state index is -3.69. The summed E-state index contributed by atoms with van der Waals surface area (Å²) in [5.41, 5.74) is 0.983. The summed E-state index contributed by atoms with van der Waals surface area (Å²) in [4.78, 5) is 0.0759. The summed E-state index contributed by atoms with van der Waals surface area (Å²) in [6.45, 7) is 3.35. The second-order valence-electron chi connectivity index (χ2n) is 4.32. The molecule has 19 heavy (non-hydrogen) atoms. The van der Waals surface area contributed by atoms with Crippen LogP contribution < -0.4 is 4.72 Å². The number of hydrogen-bond donors (Lipinski definition) is 2. The lowest BCUT2D eigenvalue weighted by molar-refractivity contribution is 0.180. The molecular formula is C12H18ClNO4S. The van der Waals surface area contributed by atoms with Gasteiger partial charge in [0, 0.05) is 18.2 Å². The van der Waals surface area contributed by atoms with Gasteiger partial charge in [-0.05, 0) is 37.1 Å². The van der Waals surface area contributed by atoms with Gasteiger partial charge in [-0.25, -0.2) is 13.1 Å². The maximum absolute atomic E-state index is 12.3. The van der Waals surface area contributed by atoms with Gasteiger partial charge in [0.15, 0.2) is 0 Å². The predicted octanol–water partition coefficient (Wildman–Crippen LogP) is 1.45. The van der Waals surface area contributed by atoms with E-state index in [1.54, 1.807) is 19.9 Å². The Labute approximate surface area is 118 Å². The number of aliphatic hydroxyl groups excluding tert-OH is 1. The fourth-order valence-electron chi connectivity index (χ4n) is 1.76. The summed E-state index contributed by atoms with van der Waals surface area (Å²) in [6.07, 6.45) is 0. The zero-order chi connectivity index (χ0) is 14.6. The minimum absolute atomic E-state index is 0.0759. The molecule has 0 heterocycles. The van der Waals surface area contributed by atoms with Crippen molar-refractivity contribution in [2.75, 3.05) is 13.7 Å². The van der Waals surface area contributed by atoms with Gasteiger partial charge < -0.3 is 9.84 Å². The Morgan fingerprint density at radius 2 is 2.11 bits per heavy atom. The van der Waals surface area contributed by atoms with E-state index in [-0.39, 0.29) is 29.2 Å². The molecule has 108 valence electrons. The highest BCUT2D eigenvalue weighted by Crippen LogP contribution is 2.24. The molecule has 0 bridgehead atoms. The zero-order valence-corrected chi connectivity index (χ0v) is 12.7. The van der Waals surface area contributed by atoms with Crippen LogP contribution in [-0.2, 0) is 21.4 Å². The summed E-state index contributed by atoms with van der Waals surface area (Å²) in [5.74, 6) is 0. The summed E-state index contributed by atoms with van der Waals surface area (Å²) >= 11 is 5.88. The van der Waals surface area contributed by atoms with Gasteiger partial charge in [-0.2, -0.15) is 0 Å². The molecule has 1 unspecified atom stereocenters. The topological polar surface area (TPSA) is 75.6 Å². The van der Waals surface area contributed by atoms with E-state index in [2.05, 4.69) is 4.72 Å². The van der Waals surface area contributed by atoms with Gasteiger partial charge in [-0.1, -0.05) is 11.6 Å². The molecule has 0 fully saturated rings. The van der Waals surface area contributed by atoms with Gasteiger partial charge in [-0.3, -0.25) is 0 Å². The number of methoxy groups -OCH3 is 1. The van der Waals surface area contributed by atoms with Gasteiger partial charge >= 0.3 is 0 Å². The molecule has 1 aromatic carbocycles. The molecule has 0 amide bonds. The molecule has 1 rings (SSSR count). The van der Waals surface area contributed by atoms with Gasteiger partial charge in [-0.15, -0.1) is 0 Å². The highest BCUT2D eigenvalue weighted by atomic mass is 35.5. The number of benzene rings is 1. The number of nitrogens with one attached hydrogen (secondary N) is 1. The van der Waals surface area contributed by atoms with Crippen molar-refractivity contribution in [2.24, 2.45) is 0 Å². The highest BCUT2D eigenvalue weighted by molar-refractivity contribution is 7.89. The van der Waals surface area contributed by atoms with E-state index in [0.717, 1.165) is 0 Å². The molecule has 5 nitrogen and oxygen atoms in total. The Morgan fingerprint density at radius 1 is 1.47 bits per heavy atom. The molecule has 0 aliphatic carbocycles. The first-order valence-electron chi connectivity index (χ1n) is 5.73. The summed E-state index contributed by atoms with van der Waals surface area (Å²) in [5, 5.41) is 9.48. The largest absolute Gasteiger partial charge is 0.392 e. The van der Waals surface area contributed by atoms with Crippen molar-refractivity contribution in [3.8, 4) is 0 Å². The van der Waals surface area contributed by atoms with Crippen LogP contribution in [0.1, 0.15) is 18.1 Å².